The van der Waals surface area contributed by atoms with E-state index in [2.05, 4.69) is 65.0 Å². The van der Waals surface area contributed by atoms with Gasteiger partial charge in [-0.05, 0) is 73.6 Å². The van der Waals surface area contributed by atoms with Crippen LogP contribution in [0.1, 0.15) is 48.4 Å². The topological polar surface area (TPSA) is 29.9 Å². The van der Waals surface area contributed by atoms with Gasteiger partial charge in [0.1, 0.15) is 12.9 Å². The van der Waals surface area contributed by atoms with E-state index in [4.69, 9.17) is 4.42 Å². The molecule has 3 heterocycles. The van der Waals surface area contributed by atoms with Crippen molar-refractivity contribution in [3.05, 3.63) is 108 Å². The lowest BCUT2D eigenvalue weighted by atomic mass is 9.90. The van der Waals surface area contributed by atoms with E-state index in [0.717, 1.165) is 55.6 Å². The van der Waals surface area contributed by atoms with Crippen LogP contribution in [0.4, 0.5) is 4.39 Å². The van der Waals surface area contributed by atoms with Crippen LogP contribution in [0.5, 0.6) is 0 Å². The second kappa shape index (κ2) is 9.71. The molecule has 0 saturated heterocycles. The lowest BCUT2D eigenvalue weighted by Crippen LogP contribution is -2.32. The summed E-state index contributed by atoms with van der Waals surface area (Å²) in [5, 5.41) is 2.05. The summed E-state index contributed by atoms with van der Waals surface area (Å²) in [6.45, 7) is 4.10. The van der Waals surface area contributed by atoms with Crippen molar-refractivity contribution in [2.45, 2.75) is 45.4 Å². The molecule has 0 aliphatic heterocycles. The number of benzene rings is 3. The maximum Gasteiger partial charge on any atom is 0.227 e. The first kappa shape index (κ1) is 24.7. The van der Waals surface area contributed by atoms with Crippen LogP contribution in [-0.4, -0.2) is 4.98 Å². The molecular formula is C36H32FN2O+. The Hall–Kier alpha value is -4.31. The number of aromatic nitrogens is 2. The summed E-state index contributed by atoms with van der Waals surface area (Å²) in [4.78, 5) is 4.68. The van der Waals surface area contributed by atoms with Crippen molar-refractivity contribution in [2.24, 2.45) is 7.05 Å². The van der Waals surface area contributed by atoms with Crippen LogP contribution in [0.25, 0.3) is 55.6 Å². The van der Waals surface area contributed by atoms with Crippen LogP contribution in [0.2, 0.25) is 0 Å². The summed E-state index contributed by atoms with van der Waals surface area (Å²) in [5.74, 6) is 0.423. The highest BCUT2D eigenvalue weighted by molar-refractivity contribution is 6.09. The van der Waals surface area contributed by atoms with Crippen LogP contribution in [0.3, 0.4) is 0 Å². The molecule has 0 N–H and O–H groups in total. The predicted octanol–water partition coefficient (Wildman–Crippen LogP) is 9.22. The Morgan fingerprint density at radius 2 is 1.57 bits per heavy atom. The molecule has 0 unspecified atom stereocenters. The number of aryl methyl sites for hydroxylation is 3. The van der Waals surface area contributed by atoms with E-state index in [0.29, 0.717) is 17.2 Å². The first-order chi connectivity index (χ1) is 19.5. The smallest absolute Gasteiger partial charge is 0.227 e. The highest BCUT2D eigenvalue weighted by Gasteiger charge is 2.27. The zero-order chi connectivity index (χ0) is 27.4. The molecule has 3 aromatic heterocycles. The molecule has 1 saturated carbocycles. The molecule has 1 aliphatic rings. The van der Waals surface area contributed by atoms with E-state index in [1.165, 1.54) is 37.3 Å². The van der Waals surface area contributed by atoms with Crippen molar-refractivity contribution in [3.8, 4) is 33.5 Å². The summed E-state index contributed by atoms with van der Waals surface area (Å²) >= 11 is 0. The van der Waals surface area contributed by atoms with Gasteiger partial charge in [-0.2, -0.15) is 4.57 Å². The maximum absolute atomic E-state index is 15.0. The lowest BCUT2D eigenvalue weighted by molar-refractivity contribution is -0.659. The Bertz CT molecular complexity index is 1900. The summed E-state index contributed by atoms with van der Waals surface area (Å²) < 4.78 is 23.6. The Labute approximate surface area is 233 Å². The third kappa shape index (κ3) is 4.10. The maximum atomic E-state index is 15.0. The summed E-state index contributed by atoms with van der Waals surface area (Å²) in [5.41, 5.74) is 10.6. The van der Waals surface area contributed by atoms with Gasteiger partial charge in [0.2, 0.25) is 11.4 Å². The van der Waals surface area contributed by atoms with Crippen LogP contribution in [0, 0.1) is 19.7 Å². The van der Waals surface area contributed by atoms with Crippen LogP contribution >= 0.6 is 0 Å². The van der Waals surface area contributed by atoms with Crippen LogP contribution in [0.15, 0.2) is 89.5 Å². The molecule has 0 amide bonds. The molecule has 1 aliphatic carbocycles. The summed E-state index contributed by atoms with van der Waals surface area (Å²) in [6.07, 6.45) is 7.18. The number of fused-ring (bicyclic) bond motifs is 3. The normalized spacial score (nSPS) is 14.0. The molecule has 3 aromatic carbocycles. The van der Waals surface area contributed by atoms with Crippen molar-refractivity contribution in [2.75, 3.05) is 0 Å². The third-order valence-electron chi connectivity index (χ3n) is 8.56. The summed E-state index contributed by atoms with van der Waals surface area (Å²) in [7, 11) is 2.04. The molecule has 40 heavy (non-hydrogen) atoms. The highest BCUT2D eigenvalue weighted by atomic mass is 19.1. The van der Waals surface area contributed by atoms with E-state index >= 15 is 0 Å². The molecule has 6 aromatic rings. The van der Waals surface area contributed by atoms with Gasteiger partial charge in [-0.25, -0.2) is 9.37 Å². The van der Waals surface area contributed by atoms with Gasteiger partial charge >= 0.3 is 0 Å². The van der Waals surface area contributed by atoms with Crippen molar-refractivity contribution in [1.82, 2.24) is 4.98 Å². The van der Waals surface area contributed by atoms with Gasteiger partial charge in [-0.15, -0.1) is 0 Å². The van der Waals surface area contributed by atoms with E-state index < -0.39 is 0 Å². The largest absolute Gasteiger partial charge is 0.437 e. The number of rotatable bonds is 4. The minimum atomic E-state index is -0.227. The Morgan fingerprint density at radius 1 is 0.825 bits per heavy atom. The van der Waals surface area contributed by atoms with Gasteiger partial charge in [-0.3, -0.25) is 0 Å². The highest BCUT2D eigenvalue weighted by Crippen LogP contribution is 2.42. The average Bonchev–Trinajstić information content (AvgIpc) is 3.62. The van der Waals surface area contributed by atoms with Gasteiger partial charge in [0, 0.05) is 27.6 Å². The molecule has 4 heteroatoms. The van der Waals surface area contributed by atoms with E-state index in [1.807, 2.05) is 38.4 Å². The quantitative estimate of drug-likeness (QED) is 0.214. The molecule has 7 rings (SSSR count). The fourth-order valence-electron chi connectivity index (χ4n) is 6.50. The lowest BCUT2D eigenvalue weighted by Gasteiger charge is -2.15. The molecule has 198 valence electrons. The minimum absolute atomic E-state index is 0.227. The molecule has 0 bridgehead atoms. The molecule has 3 nitrogen and oxygen atoms in total. The number of nitrogens with zero attached hydrogens (tertiary/aromatic N) is 2. The standard InChI is InChI=1S/C36H32FN2O/c1-22-12-18-29-30-19-13-23(2)38-36(30)40-35(29)33(22)34-31(26-16-14-25(15-17-26)24-8-4-5-9-24)20-27(21-39(34)3)28-10-6-7-11-32(28)37/h6-7,10-21,24H,4-5,8-9H2,1-3H3/q+1. The number of furan rings is 1. The third-order valence-corrected chi connectivity index (χ3v) is 8.56. The van der Waals surface area contributed by atoms with Crippen LogP contribution < -0.4 is 4.57 Å². The van der Waals surface area contributed by atoms with E-state index in [1.54, 1.807) is 6.07 Å². The van der Waals surface area contributed by atoms with Gasteiger partial charge in [0.15, 0.2) is 11.8 Å². The fraction of sp³-hybridized carbons (Fsp3) is 0.222. The van der Waals surface area contributed by atoms with E-state index in [9.17, 15) is 4.39 Å². The van der Waals surface area contributed by atoms with Crippen molar-refractivity contribution in [3.63, 3.8) is 0 Å². The average molecular weight is 528 g/mol. The monoisotopic (exact) mass is 527 g/mol. The Kier molecular flexibility index (Phi) is 6.00. The second-order valence-corrected chi connectivity index (χ2v) is 11.2. The minimum Gasteiger partial charge on any atom is -0.437 e. The van der Waals surface area contributed by atoms with Crippen molar-refractivity contribution >= 4 is 22.1 Å². The first-order valence-electron chi connectivity index (χ1n) is 14.2. The number of hydrogen-bond donors (Lipinski definition) is 0. The van der Waals surface area contributed by atoms with E-state index in [-0.39, 0.29) is 5.82 Å². The fourth-order valence-corrected chi connectivity index (χ4v) is 6.50. The van der Waals surface area contributed by atoms with Gasteiger partial charge in [0.25, 0.3) is 0 Å². The second-order valence-electron chi connectivity index (χ2n) is 11.2. The van der Waals surface area contributed by atoms with Crippen molar-refractivity contribution in [1.29, 1.82) is 0 Å². The molecule has 0 atom stereocenters. The Morgan fingerprint density at radius 3 is 2.35 bits per heavy atom. The van der Waals surface area contributed by atoms with Crippen LogP contribution in [-0.2, 0) is 7.05 Å². The molecular weight excluding hydrogens is 495 g/mol. The predicted molar refractivity (Wildman–Crippen MR) is 160 cm³/mol. The number of pyridine rings is 2. The van der Waals surface area contributed by atoms with Gasteiger partial charge < -0.3 is 4.42 Å². The van der Waals surface area contributed by atoms with Gasteiger partial charge in [-0.1, -0.05) is 67.4 Å². The zero-order valence-corrected chi connectivity index (χ0v) is 23.2. The van der Waals surface area contributed by atoms with Crippen molar-refractivity contribution < 1.29 is 13.4 Å². The molecule has 1 fully saturated rings. The summed E-state index contributed by atoms with van der Waals surface area (Å²) in [6, 6.07) is 26.5. The SMILES string of the molecule is Cc1ccc2c(n1)oc1c(-c3c(-c4ccc(C5CCCC5)cc4)cc(-c4ccccc4F)c[n+]3C)c(C)ccc12. The number of hydrogen-bond acceptors (Lipinski definition) is 2. The first-order valence-corrected chi connectivity index (χ1v) is 14.2. The van der Waals surface area contributed by atoms with Gasteiger partial charge in [0.05, 0.1) is 11.1 Å². The number of halogens is 1. The molecule has 0 radical (unpaired) electrons. The molecule has 0 spiro atoms. The zero-order valence-electron chi connectivity index (χ0n) is 23.2. The Balaban J connectivity index is 1.50.